The van der Waals surface area contributed by atoms with E-state index in [1.165, 1.54) is 0 Å². The van der Waals surface area contributed by atoms with Crippen molar-refractivity contribution in [3.05, 3.63) is 35.1 Å². The highest BCUT2D eigenvalue weighted by Gasteiger charge is 2.36. The maximum absolute atomic E-state index is 15.1. The lowest BCUT2D eigenvalue weighted by molar-refractivity contribution is 0.0403. The number of rotatable bonds is 5. The standard InChI is InChI=1S/C15H19F2N5S/c1-18-14-21-8-12(23-14)9-22-4-2-3-15(17,10-22)5-13-19-6-11(16)7-20-13/h6-8H,2-5,9-10H2,1H3,(H,18,21). The van der Waals surface area contributed by atoms with Crippen LogP contribution in [0.15, 0.2) is 18.6 Å². The normalized spacial score (nSPS) is 22.2. The van der Waals surface area contributed by atoms with Crippen LogP contribution in [0.1, 0.15) is 23.5 Å². The summed E-state index contributed by atoms with van der Waals surface area (Å²) in [7, 11) is 1.83. The SMILES string of the molecule is CNc1ncc(CN2CCCC(F)(Cc3ncc(F)cn3)C2)s1. The van der Waals surface area contributed by atoms with E-state index in [1.54, 1.807) is 11.3 Å². The molecular formula is C15H19F2N5S. The van der Waals surface area contributed by atoms with E-state index in [-0.39, 0.29) is 6.42 Å². The molecule has 0 bridgehead atoms. The van der Waals surface area contributed by atoms with Gasteiger partial charge in [0.15, 0.2) is 10.9 Å². The Morgan fingerprint density at radius 2 is 2.09 bits per heavy atom. The van der Waals surface area contributed by atoms with Gasteiger partial charge in [-0.3, -0.25) is 4.90 Å². The van der Waals surface area contributed by atoms with Crippen molar-refractivity contribution in [1.29, 1.82) is 0 Å². The largest absolute Gasteiger partial charge is 0.365 e. The average Bonchev–Trinajstić information content (AvgIpc) is 2.97. The van der Waals surface area contributed by atoms with E-state index in [2.05, 4.69) is 25.2 Å². The molecule has 1 fully saturated rings. The van der Waals surface area contributed by atoms with Gasteiger partial charge in [-0.1, -0.05) is 0 Å². The number of aromatic nitrogens is 3. The number of nitrogens with one attached hydrogen (secondary N) is 1. The van der Waals surface area contributed by atoms with Gasteiger partial charge in [0.1, 0.15) is 11.5 Å². The van der Waals surface area contributed by atoms with E-state index in [9.17, 15) is 4.39 Å². The van der Waals surface area contributed by atoms with Gasteiger partial charge in [-0.15, -0.1) is 11.3 Å². The molecule has 0 spiro atoms. The molecule has 1 N–H and O–H groups in total. The van der Waals surface area contributed by atoms with Crippen molar-refractivity contribution >= 4 is 16.5 Å². The molecule has 1 atom stereocenters. The zero-order chi connectivity index (χ0) is 16.3. The predicted octanol–water partition coefficient (Wildman–Crippen LogP) is 2.66. The summed E-state index contributed by atoms with van der Waals surface area (Å²) in [6, 6.07) is 0. The fourth-order valence-corrected chi connectivity index (χ4v) is 3.70. The second kappa shape index (κ2) is 6.84. The third kappa shape index (κ3) is 4.20. The summed E-state index contributed by atoms with van der Waals surface area (Å²) in [6.45, 7) is 1.89. The summed E-state index contributed by atoms with van der Waals surface area (Å²) in [5.74, 6) is -0.150. The number of piperidine rings is 1. The number of likely N-dealkylation sites (tertiary alicyclic amines) is 1. The third-order valence-corrected chi connectivity index (χ3v) is 4.90. The van der Waals surface area contributed by atoms with Crippen LogP contribution < -0.4 is 5.32 Å². The summed E-state index contributed by atoms with van der Waals surface area (Å²) in [4.78, 5) is 15.2. The van der Waals surface area contributed by atoms with Crippen molar-refractivity contribution in [3.63, 3.8) is 0 Å². The summed E-state index contributed by atoms with van der Waals surface area (Å²) in [5.41, 5.74) is -1.37. The minimum Gasteiger partial charge on any atom is -0.365 e. The predicted molar refractivity (Wildman–Crippen MR) is 85.7 cm³/mol. The van der Waals surface area contributed by atoms with Crippen LogP contribution >= 0.6 is 11.3 Å². The van der Waals surface area contributed by atoms with E-state index < -0.39 is 11.5 Å². The number of hydrogen-bond donors (Lipinski definition) is 1. The molecule has 124 valence electrons. The molecule has 5 nitrogen and oxygen atoms in total. The van der Waals surface area contributed by atoms with Gasteiger partial charge in [0.25, 0.3) is 0 Å². The molecule has 0 aromatic carbocycles. The molecule has 1 saturated heterocycles. The van der Waals surface area contributed by atoms with Gasteiger partial charge in [0.2, 0.25) is 0 Å². The minimum atomic E-state index is -1.37. The highest BCUT2D eigenvalue weighted by molar-refractivity contribution is 7.15. The van der Waals surface area contributed by atoms with Gasteiger partial charge in [-0.05, 0) is 19.4 Å². The van der Waals surface area contributed by atoms with Crippen LogP contribution in [0.5, 0.6) is 0 Å². The molecule has 0 radical (unpaired) electrons. The molecular weight excluding hydrogens is 320 g/mol. The zero-order valence-electron chi connectivity index (χ0n) is 12.9. The smallest absolute Gasteiger partial charge is 0.182 e. The minimum absolute atomic E-state index is 0.119. The van der Waals surface area contributed by atoms with Gasteiger partial charge in [-0.25, -0.2) is 23.7 Å². The first-order valence-electron chi connectivity index (χ1n) is 7.56. The molecule has 2 aromatic rings. The molecule has 3 rings (SSSR count). The van der Waals surface area contributed by atoms with Gasteiger partial charge < -0.3 is 5.32 Å². The van der Waals surface area contributed by atoms with Crippen LogP contribution in [0.3, 0.4) is 0 Å². The molecule has 1 aliphatic rings. The third-order valence-electron chi connectivity index (χ3n) is 3.90. The summed E-state index contributed by atoms with van der Waals surface area (Å²) < 4.78 is 28.0. The van der Waals surface area contributed by atoms with E-state index >= 15 is 4.39 Å². The Hall–Kier alpha value is -1.67. The number of anilines is 1. The monoisotopic (exact) mass is 339 g/mol. The first-order valence-corrected chi connectivity index (χ1v) is 8.38. The number of hydrogen-bond acceptors (Lipinski definition) is 6. The van der Waals surface area contributed by atoms with Crippen molar-refractivity contribution in [2.45, 2.75) is 31.5 Å². The molecule has 0 saturated carbocycles. The second-order valence-corrected chi connectivity index (χ2v) is 6.96. The molecule has 0 amide bonds. The highest BCUT2D eigenvalue weighted by atomic mass is 32.1. The fourth-order valence-electron chi connectivity index (χ4n) is 2.89. The maximum Gasteiger partial charge on any atom is 0.182 e. The van der Waals surface area contributed by atoms with Crippen LogP contribution in [0.25, 0.3) is 0 Å². The van der Waals surface area contributed by atoms with Crippen molar-refractivity contribution < 1.29 is 8.78 Å². The highest BCUT2D eigenvalue weighted by Crippen LogP contribution is 2.30. The Labute approximate surface area is 137 Å². The lowest BCUT2D eigenvalue weighted by Crippen LogP contribution is -2.46. The van der Waals surface area contributed by atoms with E-state index in [1.807, 2.05) is 13.2 Å². The molecule has 23 heavy (non-hydrogen) atoms. The van der Waals surface area contributed by atoms with Gasteiger partial charge in [0.05, 0.1) is 12.4 Å². The zero-order valence-corrected chi connectivity index (χ0v) is 13.7. The lowest BCUT2D eigenvalue weighted by Gasteiger charge is -2.36. The van der Waals surface area contributed by atoms with E-state index in [0.717, 1.165) is 35.4 Å². The Bertz CT molecular complexity index is 648. The van der Waals surface area contributed by atoms with Crippen molar-refractivity contribution in [3.8, 4) is 0 Å². The van der Waals surface area contributed by atoms with Crippen molar-refractivity contribution in [1.82, 2.24) is 19.9 Å². The van der Waals surface area contributed by atoms with Gasteiger partial charge in [0, 0.05) is 37.6 Å². The molecule has 1 aliphatic heterocycles. The van der Waals surface area contributed by atoms with Crippen LogP contribution in [-0.4, -0.2) is 45.7 Å². The van der Waals surface area contributed by atoms with Crippen LogP contribution in [0.4, 0.5) is 13.9 Å². The second-order valence-electron chi connectivity index (χ2n) is 5.84. The number of thiazole rings is 1. The number of nitrogens with zero attached hydrogens (tertiary/aromatic N) is 4. The van der Waals surface area contributed by atoms with Crippen LogP contribution in [0.2, 0.25) is 0 Å². The van der Waals surface area contributed by atoms with E-state index in [0.29, 0.717) is 25.3 Å². The Balaban J connectivity index is 1.63. The summed E-state index contributed by atoms with van der Waals surface area (Å²) in [6.07, 6.45) is 5.39. The first kappa shape index (κ1) is 16.2. The van der Waals surface area contributed by atoms with Crippen molar-refractivity contribution in [2.24, 2.45) is 0 Å². The topological polar surface area (TPSA) is 53.9 Å². The molecule has 1 unspecified atom stereocenters. The van der Waals surface area contributed by atoms with Gasteiger partial charge in [-0.2, -0.15) is 0 Å². The van der Waals surface area contributed by atoms with Crippen molar-refractivity contribution in [2.75, 3.05) is 25.5 Å². The number of halogens is 2. The van der Waals surface area contributed by atoms with Crippen LogP contribution in [-0.2, 0) is 13.0 Å². The maximum atomic E-state index is 15.1. The fraction of sp³-hybridized carbons (Fsp3) is 0.533. The Kier molecular flexibility index (Phi) is 4.82. The lowest BCUT2D eigenvalue weighted by atomic mass is 9.91. The summed E-state index contributed by atoms with van der Waals surface area (Å²) in [5, 5.41) is 3.87. The quantitative estimate of drug-likeness (QED) is 0.908. The molecule has 2 aromatic heterocycles. The molecule has 3 heterocycles. The average molecular weight is 339 g/mol. The first-order chi connectivity index (χ1) is 11.1. The Morgan fingerprint density at radius 1 is 1.30 bits per heavy atom. The summed E-state index contributed by atoms with van der Waals surface area (Å²) >= 11 is 1.58. The van der Waals surface area contributed by atoms with E-state index in [4.69, 9.17) is 0 Å². The number of alkyl halides is 1. The molecule has 0 aliphatic carbocycles. The van der Waals surface area contributed by atoms with Gasteiger partial charge >= 0.3 is 0 Å². The van der Waals surface area contributed by atoms with Crippen LogP contribution in [0, 0.1) is 5.82 Å². The molecule has 8 heteroatoms. The Morgan fingerprint density at radius 3 is 2.78 bits per heavy atom.